The molecule has 0 aromatic heterocycles. The van der Waals surface area contributed by atoms with E-state index in [0.29, 0.717) is 5.92 Å². The number of anilines is 1. The normalized spacial score (nSPS) is 11.9. The summed E-state index contributed by atoms with van der Waals surface area (Å²) in [4.78, 5) is 2.30. The quantitative estimate of drug-likeness (QED) is 0.703. The van der Waals surface area contributed by atoms with Crippen LogP contribution >= 0.6 is 0 Å². The first kappa shape index (κ1) is 12.8. The zero-order valence-corrected chi connectivity index (χ0v) is 10.9. The maximum atomic E-state index is 2.30. The van der Waals surface area contributed by atoms with Gasteiger partial charge in [0.1, 0.15) is 0 Å². The molecule has 1 rings (SSSR count). The molecule has 0 amide bonds. The van der Waals surface area contributed by atoms with Gasteiger partial charge in [0, 0.05) is 18.4 Å². The van der Waals surface area contributed by atoms with Gasteiger partial charge in [-0.05, 0) is 37.8 Å². The summed E-state index contributed by atoms with van der Waals surface area (Å²) >= 11 is 0. The Morgan fingerprint density at radius 2 is 1.75 bits per heavy atom. The lowest BCUT2D eigenvalue weighted by atomic mass is 9.97. The van der Waals surface area contributed by atoms with Crippen molar-refractivity contribution < 1.29 is 0 Å². The summed E-state index contributed by atoms with van der Waals surface area (Å²) in [6, 6.07) is 10.6. The molecule has 0 unspecified atom stereocenters. The number of para-hydroxylation sites is 1. The molecule has 0 fully saturated rings. The third-order valence-electron chi connectivity index (χ3n) is 3.23. The van der Waals surface area contributed by atoms with Crippen molar-refractivity contribution in [2.45, 2.75) is 33.6 Å². The summed E-state index contributed by atoms with van der Waals surface area (Å²) in [7, 11) is 2.16. The van der Waals surface area contributed by atoms with E-state index in [-0.39, 0.29) is 0 Å². The van der Waals surface area contributed by atoms with E-state index in [9.17, 15) is 0 Å². The Balaban J connectivity index is 2.90. The highest BCUT2D eigenvalue weighted by Crippen LogP contribution is 2.26. The van der Waals surface area contributed by atoms with Crippen LogP contribution in [0.5, 0.6) is 0 Å². The summed E-state index contributed by atoms with van der Waals surface area (Å²) in [5, 5.41) is 0. The van der Waals surface area contributed by atoms with E-state index in [4.69, 9.17) is 0 Å². The van der Waals surface area contributed by atoms with E-state index in [1.165, 1.54) is 24.2 Å². The van der Waals surface area contributed by atoms with Gasteiger partial charge in [-0.3, -0.25) is 0 Å². The Hall–Kier alpha value is -1.24. The second-order valence-corrected chi connectivity index (χ2v) is 4.12. The highest BCUT2D eigenvalue weighted by molar-refractivity contribution is 5.51. The van der Waals surface area contributed by atoms with Crippen LogP contribution in [0.15, 0.2) is 42.1 Å². The van der Waals surface area contributed by atoms with E-state index in [2.05, 4.69) is 69.1 Å². The number of benzene rings is 1. The minimum Gasteiger partial charge on any atom is -0.348 e. The van der Waals surface area contributed by atoms with Crippen LogP contribution in [0, 0.1) is 5.92 Å². The SMILES string of the molecule is C/C=C(/C(CC)CC)N(C)c1ccccc1. The molecule has 0 heterocycles. The van der Waals surface area contributed by atoms with E-state index >= 15 is 0 Å². The standard InChI is InChI=1S/C15H23N/c1-5-13(6-2)15(7-3)16(4)14-11-9-8-10-12-14/h7-13H,5-6H2,1-4H3/b15-7-. The topological polar surface area (TPSA) is 3.24 Å². The van der Waals surface area contributed by atoms with E-state index in [1.807, 2.05) is 0 Å². The average molecular weight is 217 g/mol. The largest absolute Gasteiger partial charge is 0.348 e. The lowest BCUT2D eigenvalue weighted by Gasteiger charge is -2.28. The van der Waals surface area contributed by atoms with Crippen LogP contribution in [0.25, 0.3) is 0 Å². The number of nitrogens with zero attached hydrogens (tertiary/aromatic N) is 1. The smallest absolute Gasteiger partial charge is 0.0405 e. The highest BCUT2D eigenvalue weighted by atomic mass is 15.1. The van der Waals surface area contributed by atoms with Crippen LogP contribution in [-0.2, 0) is 0 Å². The lowest BCUT2D eigenvalue weighted by molar-refractivity contribution is 0.557. The van der Waals surface area contributed by atoms with Crippen LogP contribution in [-0.4, -0.2) is 7.05 Å². The fourth-order valence-corrected chi connectivity index (χ4v) is 2.21. The second kappa shape index (κ2) is 6.37. The van der Waals surface area contributed by atoms with E-state index in [1.54, 1.807) is 0 Å². The number of hydrogen-bond acceptors (Lipinski definition) is 1. The van der Waals surface area contributed by atoms with Crippen molar-refractivity contribution in [3.05, 3.63) is 42.1 Å². The Bertz CT molecular complexity index is 323. The van der Waals surface area contributed by atoms with E-state index in [0.717, 1.165) is 0 Å². The summed E-state index contributed by atoms with van der Waals surface area (Å²) in [6.07, 6.45) is 4.64. The first-order valence-electron chi connectivity index (χ1n) is 6.19. The molecule has 0 atom stereocenters. The maximum absolute atomic E-state index is 2.30. The van der Waals surface area contributed by atoms with E-state index < -0.39 is 0 Å². The molecule has 1 aromatic carbocycles. The predicted molar refractivity (Wildman–Crippen MR) is 72.7 cm³/mol. The molecule has 1 nitrogen and oxygen atoms in total. The third kappa shape index (κ3) is 2.88. The average Bonchev–Trinajstić information content (AvgIpc) is 2.36. The first-order chi connectivity index (χ1) is 7.74. The summed E-state index contributed by atoms with van der Waals surface area (Å²) in [5.41, 5.74) is 2.69. The van der Waals surface area contributed by atoms with Gasteiger partial charge in [-0.1, -0.05) is 38.1 Å². The summed E-state index contributed by atoms with van der Waals surface area (Å²) < 4.78 is 0. The highest BCUT2D eigenvalue weighted by Gasteiger charge is 2.14. The second-order valence-electron chi connectivity index (χ2n) is 4.12. The molecule has 0 saturated carbocycles. The van der Waals surface area contributed by atoms with Gasteiger partial charge in [0.15, 0.2) is 0 Å². The Labute approximate surface area is 99.8 Å². The van der Waals surface area contributed by atoms with Gasteiger partial charge >= 0.3 is 0 Å². The Morgan fingerprint density at radius 1 is 1.19 bits per heavy atom. The fraction of sp³-hybridized carbons (Fsp3) is 0.467. The monoisotopic (exact) mass is 217 g/mol. The van der Waals surface area contributed by atoms with Crippen LogP contribution in [0.2, 0.25) is 0 Å². The van der Waals surface area contributed by atoms with Crippen LogP contribution < -0.4 is 4.90 Å². The maximum Gasteiger partial charge on any atom is 0.0405 e. The molecular formula is C15H23N. The van der Waals surface area contributed by atoms with Gasteiger partial charge in [0.2, 0.25) is 0 Å². The molecule has 0 aliphatic carbocycles. The Kier molecular flexibility index (Phi) is 5.10. The van der Waals surface area contributed by atoms with Gasteiger partial charge in [-0.25, -0.2) is 0 Å². The van der Waals surface area contributed by atoms with Crippen LogP contribution in [0.1, 0.15) is 33.6 Å². The van der Waals surface area contributed by atoms with Crippen molar-refractivity contribution in [3.8, 4) is 0 Å². The van der Waals surface area contributed by atoms with Gasteiger partial charge in [-0.15, -0.1) is 0 Å². The molecule has 16 heavy (non-hydrogen) atoms. The fourth-order valence-electron chi connectivity index (χ4n) is 2.21. The van der Waals surface area contributed by atoms with Crippen molar-refractivity contribution in [1.82, 2.24) is 0 Å². The van der Waals surface area contributed by atoms with Crippen molar-refractivity contribution in [2.24, 2.45) is 5.92 Å². The Morgan fingerprint density at radius 3 is 2.19 bits per heavy atom. The molecule has 0 spiro atoms. The molecular weight excluding hydrogens is 194 g/mol. The molecule has 0 radical (unpaired) electrons. The van der Waals surface area contributed by atoms with Crippen molar-refractivity contribution in [2.75, 3.05) is 11.9 Å². The van der Waals surface area contributed by atoms with Crippen LogP contribution in [0.3, 0.4) is 0 Å². The van der Waals surface area contributed by atoms with Crippen molar-refractivity contribution in [1.29, 1.82) is 0 Å². The van der Waals surface area contributed by atoms with Gasteiger partial charge < -0.3 is 4.90 Å². The molecule has 0 aliphatic rings. The zero-order chi connectivity index (χ0) is 12.0. The molecule has 0 bridgehead atoms. The predicted octanol–water partition coefficient (Wildman–Crippen LogP) is 4.46. The minimum absolute atomic E-state index is 0.662. The van der Waals surface area contributed by atoms with Crippen molar-refractivity contribution >= 4 is 5.69 Å². The number of allylic oxidation sites excluding steroid dienone is 2. The number of hydrogen-bond donors (Lipinski definition) is 0. The molecule has 0 saturated heterocycles. The first-order valence-corrected chi connectivity index (χ1v) is 6.19. The molecule has 1 aromatic rings. The van der Waals surface area contributed by atoms with Gasteiger partial charge in [-0.2, -0.15) is 0 Å². The molecule has 0 N–H and O–H groups in total. The minimum atomic E-state index is 0.662. The molecule has 1 heteroatoms. The molecule has 0 aliphatic heterocycles. The van der Waals surface area contributed by atoms with Crippen LogP contribution in [0.4, 0.5) is 5.69 Å². The third-order valence-corrected chi connectivity index (χ3v) is 3.23. The van der Waals surface area contributed by atoms with Crippen molar-refractivity contribution in [3.63, 3.8) is 0 Å². The van der Waals surface area contributed by atoms with Gasteiger partial charge in [0.05, 0.1) is 0 Å². The summed E-state index contributed by atoms with van der Waals surface area (Å²) in [6.45, 7) is 6.65. The summed E-state index contributed by atoms with van der Waals surface area (Å²) in [5.74, 6) is 0.662. The zero-order valence-electron chi connectivity index (χ0n) is 10.9. The lowest BCUT2D eigenvalue weighted by Crippen LogP contribution is -2.22. The van der Waals surface area contributed by atoms with Gasteiger partial charge in [0.25, 0.3) is 0 Å². The number of rotatable bonds is 5. The molecule has 88 valence electrons.